The Bertz CT molecular complexity index is 578. The van der Waals surface area contributed by atoms with Gasteiger partial charge in [0.2, 0.25) is 0 Å². The van der Waals surface area contributed by atoms with E-state index in [1.165, 1.54) is 12.1 Å². The summed E-state index contributed by atoms with van der Waals surface area (Å²) >= 11 is 0. The van der Waals surface area contributed by atoms with E-state index in [-0.39, 0.29) is 12.2 Å². The van der Waals surface area contributed by atoms with E-state index in [9.17, 15) is 14.3 Å². The molecule has 0 saturated heterocycles. The van der Waals surface area contributed by atoms with Crippen LogP contribution in [0.5, 0.6) is 11.5 Å². The molecule has 5 heteroatoms. The van der Waals surface area contributed by atoms with Gasteiger partial charge in [0.05, 0.1) is 0 Å². The highest BCUT2D eigenvalue weighted by Gasteiger charge is 1.98. The third-order valence-electron chi connectivity index (χ3n) is 2.71. The van der Waals surface area contributed by atoms with E-state index in [0.717, 1.165) is 0 Å². The number of hydrogen-bond donors (Lipinski definition) is 0. The number of hydrogen-bond acceptors (Lipinski definition) is 4. The molecule has 0 bridgehead atoms. The molecule has 2 rings (SSSR count). The molecule has 2 aromatic rings. The average Bonchev–Trinajstić information content (AvgIpc) is 2.46. The Morgan fingerprint density at radius 3 is 1.86 bits per heavy atom. The quantitative estimate of drug-likeness (QED) is 0.726. The molecule has 0 aliphatic rings. The Kier molecular flexibility index (Phi) is 5.15. The van der Waals surface area contributed by atoms with Crippen LogP contribution in [0.4, 0.5) is 4.39 Å². The van der Waals surface area contributed by atoms with Gasteiger partial charge >= 0.3 is 0 Å². The zero-order chi connectivity index (χ0) is 15.1. The molecule has 21 heavy (non-hydrogen) atoms. The minimum Gasteiger partial charge on any atom is -0.550 e. The van der Waals surface area contributed by atoms with Crippen LogP contribution in [-0.4, -0.2) is 19.2 Å². The summed E-state index contributed by atoms with van der Waals surface area (Å²) in [6.07, 6.45) is -0.117. The zero-order valence-electron chi connectivity index (χ0n) is 11.3. The molecule has 0 aromatic heterocycles. The zero-order valence-corrected chi connectivity index (χ0v) is 11.3. The van der Waals surface area contributed by atoms with Crippen LogP contribution in [0.2, 0.25) is 0 Å². The molecule has 0 amide bonds. The Hall–Kier alpha value is -2.56. The highest BCUT2D eigenvalue weighted by atomic mass is 19.1. The van der Waals surface area contributed by atoms with Crippen LogP contribution in [0, 0.1) is 5.82 Å². The fourth-order valence-corrected chi connectivity index (χ4v) is 1.72. The van der Waals surface area contributed by atoms with Gasteiger partial charge in [0.25, 0.3) is 0 Å². The molecule has 0 spiro atoms. The monoisotopic (exact) mass is 289 g/mol. The minimum absolute atomic E-state index is 0.117. The Morgan fingerprint density at radius 1 is 0.905 bits per heavy atom. The summed E-state index contributed by atoms with van der Waals surface area (Å²) in [5.41, 5.74) is 0.657. The van der Waals surface area contributed by atoms with E-state index in [1.807, 2.05) is 0 Å². The predicted octanol–water partition coefficient (Wildman–Crippen LogP) is 1.58. The summed E-state index contributed by atoms with van der Waals surface area (Å²) in [5, 5.41) is 10.4. The maximum atomic E-state index is 12.7. The van der Waals surface area contributed by atoms with Gasteiger partial charge in [-0.15, -0.1) is 0 Å². The molecule has 0 fully saturated rings. The molecule has 0 aliphatic carbocycles. The van der Waals surface area contributed by atoms with Crippen molar-refractivity contribution in [2.24, 2.45) is 0 Å². The van der Waals surface area contributed by atoms with Crippen LogP contribution >= 0.6 is 0 Å². The molecular formula is C16H14FO4-. The Morgan fingerprint density at radius 2 is 1.38 bits per heavy atom. The van der Waals surface area contributed by atoms with Gasteiger partial charge in [-0.3, -0.25) is 0 Å². The van der Waals surface area contributed by atoms with Crippen molar-refractivity contribution in [2.45, 2.75) is 6.42 Å². The third-order valence-corrected chi connectivity index (χ3v) is 2.71. The summed E-state index contributed by atoms with van der Waals surface area (Å²) < 4.78 is 23.5. The first-order valence-electron chi connectivity index (χ1n) is 6.43. The lowest BCUT2D eigenvalue weighted by Crippen LogP contribution is -2.24. The Balaban J connectivity index is 1.73. The molecule has 0 radical (unpaired) electrons. The maximum absolute atomic E-state index is 12.7. The maximum Gasteiger partial charge on any atom is 0.123 e. The van der Waals surface area contributed by atoms with Crippen molar-refractivity contribution in [3.05, 3.63) is 59.9 Å². The molecule has 0 unspecified atom stereocenters. The summed E-state index contributed by atoms with van der Waals surface area (Å²) in [7, 11) is 0. The molecule has 0 aliphatic heterocycles. The van der Waals surface area contributed by atoms with Crippen molar-refractivity contribution in [3.8, 4) is 11.5 Å². The lowest BCUT2D eigenvalue weighted by atomic mass is 10.1. The fourth-order valence-electron chi connectivity index (χ4n) is 1.72. The molecule has 0 saturated carbocycles. The first-order valence-corrected chi connectivity index (χ1v) is 6.43. The van der Waals surface area contributed by atoms with E-state index in [0.29, 0.717) is 30.3 Å². The second-order valence-electron chi connectivity index (χ2n) is 4.34. The van der Waals surface area contributed by atoms with Gasteiger partial charge in [0.15, 0.2) is 0 Å². The number of carboxylic acid groups (broad SMARTS) is 1. The van der Waals surface area contributed by atoms with Crippen LogP contribution in [0.1, 0.15) is 5.56 Å². The van der Waals surface area contributed by atoms with Crippen LogP contribution in [0.3, 0.4) is 0 Å². The molecular weight excluding hydrogens is 275 g/mol. The second-order valence-corrected chi connectivity index (χ2v) is 4.34. The predicted molar refractivity (Wildman–Crippen MR) is 72.5 cm³/mol. The molecule has 0 atom stereocenters. The highest BCUT2D eigenvalue weighted by Crippen LogP contribution is 2.13. The number of carboxylic acids is 1. The molecule has 4 nitrogen and oxygen atoms in total. The summed E-state index contributed by atoms with van der Waals surface area (Å²) in [6, 6.07) is 12.5. The topological polar surface area (TPSA) is 58.6 Å². The smallest absolute Gasteiger partial charge is 0.123 e. The lowest BCUT2D eigenvalue weighted by Gasteiger charge is -2.09. The molecule has 110 valence electrons. The van der Waals surface area contributed by atoms with Gasteiger partial charge in [0, 0.05) is 12.4 Å². The van der Waals surface area contributed by atoms with E-state index in [2.05, 4.69) is 0 Å². The summed E-state index contributed by atoms with van der Waals surface area (Å²) in [5.74, 6) is -0.226. The van der Waals surface area contributed by atoms with Crippen LogP contribution in [-0.2, 0) is 11.2 Å². The number of aliphatic carboxylic acids is 1. The lowest BCUT2D eigenvalue weighted by molar-refractivity contribution is -0.304. The first-order chi connectivity index (χ1) is 10.1. The van der Waals surface area contributed by atoms with E-state index in [4.69, 9.17) is 9.47 Å². The van der Waals surface area contributed by atoms with E-state index < -0.39 is 5.97 Å². The van der Waals surface area contributed by atoms with Gasteiger partial charge in [-0.1, -0.05) is 12.1 Å². The van der Waals surface area contributed by atoms with Gasteiger partial charge in [-0.2, -0.15) is 0 Å². The summed E-state index contributed by atoms with van der Waals surface area (Å²) in [6.45, 7) is 0.656. The molecule has 2 aromatic carbocycles. The number of carbonyl (C=O) groups excluding carboxylic acids is 1. The average molecular weight is 289 g/mol. The van der Waals surface area contributed by atoms with Crippen molar-refractivity contribution in [2.75, 3.05) is 13.2 Å². The second kappa shape index (κ2) is 7.28. The Labute approximate surface area is 121 Å². The number of carbonyl (C=O) groups is 1. The van der Waals surface area contributed by atoms with Gasteiger partial charge in [-0.25, -0.2) is 4.39 Å². The standard InChI is InChI=1S/C16H15FO4/c17-13-3-7-15(8-4-13)21-10-9-20-14-5-1-12(2-6-14)11-16(18)19/h1-8H,9-11H2,(H,18,19)/p-1. The van der Waals surface area contributed by atoms with Crippen molar-refractivity contribution in [1.29, 1.82) is 0 Å². The minimum atomic E-state index is -1.11. The van der Waals surface area contributed by atoms with Crippen LogP contribution in [0.15, 0.2) is 48.5 Å². The van der Waals surface area contributed by atoms with E-state index in [1.54, 1.807) is 36.4 Å². The first kappa shape index (κ1) is 14.8. The van der Waals surface area contributed by atoms with Crippen molar-refractivity contribution in [3.63, 3.8) is 0 Å². The van der Waals surface area contributed by atoms with Gasteiger partial charge in [0.1, 0.15) is 30.5 Å². The van der Waals surface area contributed by atoms with Crippen molar-refractivity contribution >= 4 is 5.97 Å². The summed E-state index contributed by atoms with van der Waals surface area (Å²) in [4.78, 5) is 10.4. The van der Waals surface area contributed by atoms with Crippen molar-refractivity contribution < 1.29 is 23.8 Å². The number of ether oxygens (including phenoxy) is 2. The highest BCUT2D eigenvalue weighted by molar-refractivity contribution is 5.67. The number of halogens is 1. The SMILES string of the molecule is O=C([O-])Cc1ccc(OCCOc2ccc(F)cc2)cc1. The third kappa shape index (κ3) is 5.14. The van der Waals surface area contributed by atoms with E-state index >= 15 is 0 Å². The van der Waals surface area contributed by atoms with Crippen LogP contribution < -0.4 is 14.6 Å². The number of rotatable bonds is 7. The van der Waals surface area contributed by atoms with Crippen LogP contribution in [0.25, 0.3) is 0 Å². The normalized spacial score (nSPS) is 10.1. The molecule has 0 N–H and O–H groups in total. The van der Waals surface area contributed by atoms with Gasteiger partial charge in [-0.05, 0) is 42.0 Å². The van der Waals surface area contributed by atoms with Crippen molar-refractivity contribution in [1.82, 2.24) is 0 Å². The molecule has 0 heterocycles. The van der Waals surface area contributed by atoms with Gasteiger partial charge < -0.3 is 19.4 Å². The fraction of sp³-hybridized carbons (Fsp3) is 0.188. The largest absolute Gasteiger partial charge is 0.550 e. The number of benzene rings is 2.